The zero-order chi connectivity index (χ0) is 28.4. The summed E-state index contributed by atoms with van der Waals surface area (Å²) in [6.07, 6.45) is -0.174. The number of ether oxygens (including phenoxy) is 1. The number of thiazole rings is 1. The minimum atomic E-state index is -4.57. The van der Waals surface area contributed by atoms with E-state index in [4.69, 9.17) is 4.74 Å². The fourth-order valence-corrected chi connectivity index (χ4v) is 5.48. The number of aliphatic hydroxyl groups is 1. The van der Waals surface area contributed by atoms with Gasteiger partial charge in [-0.05, 0) is 82.8 Å². The number of likely N-dealkylation sites (tertiary alicyclic amines) is 1. The lowest BCUT2D eigenvalue weighted by molar-refractivity contribution is -0.156. The number of aromatic nitrogens is 3. The van der Waals surface area contributed by atoms with E-state index in [1.165, 1.54) is 11.3 Å². The van der Waals surface area contributed by atoms with Crippen molar-refractivity contribution in [1.82, 2.24) is 19.9 Å². The number of carbonyl (C=O) groups is 1. The van der Waals surface area contributed by atoms with Crippen molar-refractivity contribution in [3.8, 4) is 10.4 Å². The zero-order valence-corrected chi connectivity index (χ0v) is 23.1. The third-order valence-corrected chi connectivity index (χ3v) is 7.39. The number of anilines is 2. The molecule has 1 aromatic carbocycles. The second-order valence-corrected chi connectivity index (χ2v) is 11.8. The summed E-state index contributed by atoms with van der Waals surface area (Å²) in [6.45, 7) is 8.74. The van der Waals surface area contributed by atoms with Gasteiger partial charge < -0.3 is 15.2 Å². The van der Waals surface area contributed by atoms with Crippen LogP contribution in [0.5, 0.6) is 0 Å². The van der Waals surface area contributed by atoms with Crippen molar-refractivity contribution >= 4 is 28.9 Å². The number of benzene rings is 1. The molecule has 2 aromatic heterocycles. The summed E-state index contributed by atoms with van der Waals surface area (Å²) >= 11 is 1.37. The van der Waals surface area contributed by atoms with Crippen LogP contribution in [0.15, 0.2) is 36.7 Å². The number of rotatable bonds is 6. The number of carbonyl (C=O) groups excluding carboxylic acids is 1. The molecule has 0 aliphatic carbocycles. The van der Waals surface area contributed by atoms with Crippen LogP contribution in [0.4, 0.5) is 24.8 Å². The van der Waals surface area contributed by atoms with Gasteiger partial charge in [0.2, 0.25) is 5.95 Å². The first-order valence-corrected chi connectivity index (χ1v) is 13.4. The molecule has 3 aromatic rings. The summed E-state index contributed by atoms with van der Waals surface area (Å²) in [5.41, 5.74) is -0.485. The number of hydrogen-bond acceptors (Lipinski definition) is 9. The average Bonchev–Trinajstić information content (AvgIpc) is 3.25. The van der Waals surface area contributed by atoms with Gasteiger partial charge in [0.1, 0.15) is 21.9 Å². The first-order chi connectivity index (χ1) is 18.2. The van der Waals surface area contributed by atoms with E-state index < -0.39 is 23.1 Å². The molecular formula is C27H32F3N5O3S. The van der Waals surface area contributed by atoms with Crippen LogP contribution in [0.2, 0.25) is 0 Å². The third-order valence-electron chi connectivity index (χ3n) is 6.15. The molecule has 1 aliphatic rings. The summed E-state index contributed by atoms with van der Waals surface area (Å²) in [5.74, 6) is -0.445. The van der Waals surface area contributed by atoms with Gasteiger partial charge in [-0.2, -0.15) is 13.2 Å². The fourth-order valence-electron chi connectivity index (χ4n) is 4.43. The third kappa shape index (κ3) is 7.74. The van der Waals surface area contributed by atoms with Crippen molar-refractivity contribution < 1.29 is 27.8 Å². The summed E-state index contributed by atoms with van der Waals surface area (Å²) in [7, 11) is 0. The molecule has 210 valence electrons. The maximum atomic E-state index is 13.0. The quantitative estimate of drug-likeness (QED) is 0.369. The molecule has 0 saturated carbocycles. The predicted octanol–water partition coefficient (Wildman–Crippen LogP) is 5.69. The number of hydrogen-bond donors (Lipinski definition) is 2. The first kappa shape index (κ1) is 28.9. The molecule has 12 heteroatoms. The highest BCUT2D eigenvalue weighted by atomic mass is 32.1. The monoisotopic (exact) mass is 563 g/mol. The average molecular weight is 564 g/mol. The number of alkyl halides is 3. The number of esters is 1. The van der Waals surface area contributed by atoms with Crippen LogP contribution >= 0.6 is 11.3 Å². The molecule has 1 atom stereocenters. The normalized spacial score (nSPS) is 19.0. The van der Waals surface area contributed by atoms with Crippen molar-refractivity contribution in [3.63, 3.8) is 0 Å². The van der Waals surface area contributed by atoms with Gasteiger partial charge in [0.25, 0.3) is 0 Å². The second kappa shape index (κ2) is 11.2. The van der Waals surface area contributed by atoms with E-state index in [0.717, 1.165) is 28.3 Å². The molecule has 0 bridgehead atoms. The maximum absolute atomic E-state index is 13.0. The van der Waals surface area contributed by atoms with Gasteiger partial charge in [0.05, 0.1) is 11.4 Å². The highest BCUT2D eigenvalue weighted by molar-refractivity contribution is 7.15. The van der Waals surface area contributed by atoms with E-state index in [1.54, 1.807) is 18.3 Å². The van der Waals surface area contributed by atoms with E-state index >= 15 is 0 Å². The Morgan fingerprint density at radius 3 is 2.67 bits per heavy atom. The lowest BCUT2D eigenvalue weighted by Crippen LogP contribution is -2.36. The van der Waals surface area contributed by atoms with Crippen LogP contribution < -0.4 is 5.32 Å². The van der Waals surface area contributed by atoms with Gasteiger partial charge in [-0.25, -0.2) is 15.0 Å². The lowest BCUT2D eigenvalue weighted by Gasteiger charge is -2.25. The number of aryl methyl sites for hydroxylation is 1. The van der Waals surface area contributed by atoms with E-state index in [-0.39, 0.29) is 18.5 Å². The predicted molar refractivity (Wildman–Crippen MR) is 143 cm³/mol. The van der Waals surface area contributed by atoms with E-state index in [9.17, 15) is 23.1 Å². The van der Waals surface area contributed by atoms with Crippen molar-refractivity contribution in [2.75, 3.05) is 25.0 Å². The molecule has 2 N–H and O–H groups in total. The highest BCUT2D eigenvalue weighted by Gasteiger charge is 2.36. The van der Waals surface area contributed by atoms with Crippen molar-refractivity contribution in [3.05, 3.63) is 52.9 Å². The summed E-state index contributed by atoms with van der Waals surface area (Å²) in [4.78, 5) is 27.1. The Hall–Kier alpha value is -3.09. The van der Waals surface area contributed by atoms with Gasteiger partial charge in [-0.3, -0.25) is 9.69 Å². The van der Waals surface area contributed by atoms with Crippen LogP contribution in [0.1, 0.15) is 56.3 Å². The zero-order valence-electron chi connectivity index (χ0n) is 22.3. The summed E-state index contributed by atoms with van der Waals surface area (Å²) in [5, 5.41) is 14.9. The van der Waals surface area contributed by atoms with Gasteiger partial charge >= 0.3 is 12.1 Å². The number of nitrogens with zero attached hydrogens (tertiary/aromatic N) is 4. The lowest BCUT2D eigenvalue weighted by atomic mass is 9.96. The molecule has 4 rings (SSSR count). The van der Waals surface area contributed by atoms with Crippen molar-refractivity contribution in [1.29, 1.82) is 0 Å². The SMILES string of the molecule is Cc1cc(Nc2nccc(C(F)(F)F)n2)cc(-c2cnc(C3(O)CCCN(CC(=O)OC(C)(C)C)CC3)s2)c1. The van der Waals surface area contributed by atoms with Crippen molar-refractivity contribution in [2.24, 2.45) is 0 Å². The maximum Gasteiger partial charge on any atom is 0.433 e. The Labute approximate surface area is 229 Å². The summed E-state index contributed by atoms with van der Waals surface area (Å²) in [6, 6.07) is 6.33. The Balaban J connectivity index is 1.47. The Bertz CT molecular complexity index is 1320. The van der Waals surface area contributed by atoms with Gasteiger partial charge in [-0.1, -0.05) is 6.07 Å². The minimum Gasteiger partial charge on any atom is -0.459 e. The van der Waals surface area contributed by atoms with Crippen LogP contribution in [0.25, 0.3) is 10.4 Å². The van der Waals surface area contributed by atoms with E-state index in [0.29, 0.717) is 43.0 Å². The molecule has 8 nitrogen and oxygen atoms in total. The smallest absolute Gasteiger partial charge is 0.433 e. The standard InChI is InChI=1S/C27H32F3N5O3S/c1-17-12-18(14-19(13-17)33-24-31-9-6-21(34-24)27(28,29)30)20-15-32-23(39-20)26(37)7-5-10-35(11-8-26)16-22(36)38-25(2,3)4/h6,9,12-15,37H,5,7-8,10-11,16H2,1-4H3,(H,31,33,34). The Morgan fingerprint density at radius 1 is 1.18 bits per heavy atom. The first-order valence-electron chi connectivity index (χ1n) is 12.6. The van der Waals surface area contributed by atoms with Crippen molar-refractivity contribution in [2.45, 2.75) is 64.3 Å². The molecule has 0 spiro atoms. The molecule has 1 saturated heterocycles. The van der Waals surface area contributed by atoms with E-state index in [1.807, 2.05) is 38.7 Å². The molecule has 3 heterocycles. The van der Waals surface area contributed by atoms with Crippen LogP contribution in [0.3, 0.4) is 0 Å². The van der Waals surface area contributed by atoms with Crippen LogP contribution in [0, 0.1) is 6.92 Å². The molecule has 39 heavy (non-hydrogen) atoms. The van der Waals surface area contributed by atoms with Gasteiger partial charge in [0, 0.05) is 24.6 Å². The molecular weight excluding hydrogens is 531 g/mol. The molecule has 0 radical (unpaired) electrons. The molecule has 1 fully saturated rings. The van der Waals surface area contributed by atoms with Crippen LogP contribution in [-0.2, 0) is 21.3 Å². The van der Waals surface area contributed by atoms with E-state index in [2.05, 4.69) is 20.3 Å². The minimum absolute atomic E-state index is 0.157. The van der Waals surface area contributed by atoms with Gasteiger partial charge in [-0.15, -0.1) is 11.3 Å². The molecule has 1 aliphatic heterocycles. The summed E-state index contributed by atoms with van der Waals surface area (Å²) < 4.78 is 44.5. The van der Waals surface area contributed by atoms with Gasteiger partial charge in [0.15, 0.2) is 0 Å². The number of halogens is 3. The Kier molecular flexibility index (Phi) is 8.29. The fraction of sp³-hybridized carbons (Fsp3) is 0.481. The second-order valence-electron chi connectivity index (χ2n) is 10.8. The van der Waals surface area contributed by atoms with Crippen LogP contribution in [-0.4, -0.2) is 56.2 Å². The Morgan fingerprint density at radius 2 is 1.95 bits per heavy atom. The largest absolute Gasteiger partial charge is 0.459 e. The highest BCUT2D eigenvalue weighted by Crippen LogP contribution is 2.39. The number of nitrogens with one attached hydrogen (secondary N) is 1. The molecule has 1 unspecified atom stereocenters. The molecule has 0 amide bonds. The topological polar surface area (TPSA) is 100 Å².